The van der Waals surface area contributed by atoms with Crippen LogP contribution in [0.25, 0.3) is 0 Å². The van der Waals surface area contributed by atoms with E-state index < -0.39 is 6.10 Å². The van der Waals surface area contributed by atoms with Gasteiger partial charge in [0.2, 0.25) is 0 Å². The maximum atomic E-state index is 10.2. The van der Waals surface area contributed by atoms with Crippen molar-refractivity contribution >= 4 is 0 Å². The van der Waals surface area contributed by atoms with Gasteiger partial charge in [0.05, 0.1) is 11.8 Å². The Morgan fingerprint density at radius 2 is 1.84 bits per heavy atom. The fraction of sp³-hybridized carbons (Fsp3) is 0.312. The highest BCUT2D eigenvalue weighted by Gasteiger charge is 2.12. The fourth-order valence-electron chi connectivity index (χ4n) is 2.05. The van der Waals surface area contributed by atoms with Gasteiger partial charge in [-0.25, -0.2) is 0 Å². The molecule has 2 aromatic rings. The average molecular weight is 256 g/mol. The van der Waals surface area contributed by atoms with Crippen LogP contribution in [-0.2, 0) is 6.54 Å². The van der Waals surface area contributed by atoms with Crippen molar-refractivity contribution in [2.45, 2.75) is 19.6 Å². The molecule has 0 fully saturated rings. The molecule has 0 spiro atoms. The number of aliphatic hydroxyl groups is 1. The largest absolute Gasteiger partial charge is 0.387 e. The van der Waals surface area contributed by atoms with Crippen LogP contribution in [-0.4, -0.2) is 28.1 Å². The lowest BCUT2D eigenvalue weighted by molar-refractivity contribution is 0.111. The van der Waals surface area contributed by atoms with Crippen LogP contribution < -0.4 is 0 Å². The van der Waals surface area contributed by atoms with Gasteiger partial charge in [-0.3, -0.25) is 9.88 Å². The molecule has 19 heavy (non-hydrogen) atoms. The van der Waals surface area contributed by atoms with Gasteiger partial charge in [0.25, 0.3) is 0 Å². The Balaban J connectivity index is 1.96. The van der Waals surface area contributed by atoms with Crippen molar-refractivity contribution in [1.82, 2.24) is 9.88 Å². The number of rotatable bonds is 6. The van der Waals surface area contributed by atoms with Crippen molar-refractivity contribution < 1.29 is 5.11 Å². The van der Waals surface area contributed by atoms with E-state index in [1.165, 1.54) is 0 Å². The lowest BCUT2D eigenvalue weighted by Gasteiger charge is -2.23. The Morgan fingerprint density at radius 3 is 2.47 bits per heavy atom. The third-order valence-electron chi connectivity index (χ3n) is 3.17. The van der Waals surface area contributed by atoms with Crippen LogP contribution in [0.15, 0.2) is 54.7 Å². The summed E-state index contributed by atoms with van der Waals surface area (Å²) in [7, 11) is 0. The Morgan fingerprint density at radius 1 is 1.11 bits per heavy atom. The lowest BCUT2D eigenvalue weighted by atomic mass is 10.1. The average Bonchev–Trinajstić information content (AvgIpc) is 2.48. The first-order chi connectivity index (χ1) is 9.29. The monoisotopic (exact) mass is 256 g/mol. The standard InChI is InChI=1S/C16H20N2O/c1-2-18(12-15-10-6-7-11-17-15)13-16(19)14-8-4-3-5-9-14/h3-11,16,19H,2,12-13H2,1H3. The molecular formula is C16H20N2O. The second kappa shape index (κ2) is 7.02. The first kappa shape index (κ1) is 13.7. The number of pyridine rings is 1. The van der Waals surface area contributed by atoms with Gasteiger partial charge in [0.15, 0.2) is 0 Å². The van der Waals surface area contributed by atoms with E-state index in [1.54, 1.807) is 6.20 Å². The normalized spacial score (nSPS) is 12.6. The Kier molecular flexibility index (Phi) is 5.07. The Hall–Kier alpha value is -1.71. The van der Waals surface area contributed by atoms with Gasteiger partial charge in [-0.1, -0.05) is 43.3 Å². The molecule has 3 nitrogen and oxygen atoms in total. The van der Waals surface area contributed by atoms with E-state index in [4.69, 9.17) is 0 Å². The van der Waals surface area contributed by atoms with Crippen molar-refractivity contribution in [3.63, 3.8) is 0 Å². The van der Waals surface area contributed by atoms with Crippen LogP contribution in [0.3, 0.4) is 0 Å². The van der Waals surface area contributed by atoms with Gasteiger partial charge in [-0.15, -0.1) is 0 Å². The highest BCUT2D eigenvalue weighted by Crippen LogP contribution is 2.14. The molecule has 0 aliphatic carbocycles. The Bertz CT molecular complexity index is 473. The molecule has 3 heteroatoms. The van der Waals surface area contributed by atoms with Crippen molar-refractivity contribution in [2.24, 2.45) is 0 Å². The van der Waals surface area contributed by atoms with E-state index in [2.05, 4.69) is 16.8 Å². The minimum absolute atomic E-state index is 0.454. The summed E-state index contributed by atoms with van der Waals surface area (Å²) in [5.74, 6) is 0. The fourth-order valence-corrected chi connectivity index (χ4v) is 2.05. The van der Waals surface area contributed by atoms with Crippen LogP contribution >= 0.6 is 0 Å². The summed E-state index contributed by atoms with van der Waals surface area (Å²) in [5.41, 5.74) is 1.99. The van der Waals surface area contributed by atoms with E-state index in [0.29, 0.717) is 6.54 Å². The zero-order valence-corrected chi connectivity index (χ0v) is 11.2. The summed E-state index contributed by atoms with van der Waals surface area (Å²) in [6.45, 7) is 4.37. The SMILES string of the molecule is CCN(Cc1ccccn1)CC(O)c1ccccc1. The van der Waals surface area contributed by atoms with Crippen LogP contribution in [0, 0.1) is 0 Å². The third-order valence-corrected chi connectivity index (χ3v) is 3.17. The highest BCUT2D eigenvalue weighted by molar-refractivity contribution is 5.17. The maximum absolute atomic E-state index is 10.2. The number of benzene rings is 1. The number of hydrogen-bond acceptors (Lipinski definition) is 3. The van der Waals surface area contributed by atoms with E-state index in [-0.39, 0.29) is 0 Å². The second-order valence-electron chi connectivity index (χ2n) is 4.58. The van der Waals surface area contributed by atoms with Gasteiger partial charge in [0.1, 0.15) is 0 Å². The molecule has 1 N–H and O–H groups in total. The van der Waals surface area contributed by atoms with Gasteiger partial charge >= 0.3 is 0 Å². The molecule has 0 radical (unpaired) electrons. The molecule has 0 saturated carbocycles. The van der Waals surface area contributed by atoms with Crippen molar-refractivity contribution in [3.8, 4) is 0 Å². The zero-order valence-electron chi connectivity index (χ0n) is 11.2. The smallest absolute Gasteiger partial charge is 0.0917 e. The van der Waals surface area contributed by atoms with E-state index in [9.17, 15) is 5.11 Å². The van der Waals surface area contributed by atoms with E-state index >= 15 is 0 Å². The molecule has 1 aromatic heterocycles. The third kappa shape index (κ3) is 4.16. The second-order valence-corrected chi connectivity index (χ2v) is 4.58. The maximum Gasteiger partial charge on any atom is 0.0917 e. The summed E-state index contributed by atoms with van der Waals surface area (Å²) in [5, 5.41) is 10.2. The topological polar surface area (TPSA) is 36.4 Å². The van der Waals surface area contributed by atoms with Gasteiger partial charge in [-0.2, -0.15) is 0 Å². The van der Waals surface area contributed by atoms with Crippen LogP contribution in [0.5, 0.6) is 0 Å². The number of nitrogens with zero attached hydrogens (tertiary/aromatic N) is 2. The molecule has 0 aliphatic rings. The number of aliphatic hydroxyl groups excluding tert-OH is 1. The van der Waals surface area contributed by atoms with E-state index in [0.717, 1.165) is 24.3 Å². The predicted molar refractivity (Wildman–Crippen MR) is 76.6 cm³/mol. The number of aromatic nitrogens is 1. The highest BCUT2D eigenvalue weighted by atomic mass is 16.3. The molecule has 0 amide bonds. The van der Waals surface area contributed by atoms with Crippen LogP contribution in [0.2, 0.25) is 0 Å². The molecule has 1 aromatic carbocycles. The summed E-state index contributed by atoms with van der Waals surface area (Å²) >= 11 is 0. The van der Waals surface area contributed by atoms with Crippen LogP contribution in [0.1, 0.15) is 24.3 Å². The summed E-state index contributed by atoms with van der Waals surface area (Å²) in [6, 6.07) is 15.7. The molecule has 100 valence electrons. The summed E-state index contributed by atoms with van der Waals surface area (Å²) in [6.07, 6.45) is 1.35. The van der Waals surface area contributed by atoms with Crippen molar-refractivity contribution in [1.29, 1.82) is 0 Å². The first-order valence-electron chi connectivity index (χ1n) is 6.65. The molecule has 1 heterocycles. The molecule has 1 unspecified atom stereocenters. The molecule has 2 rings (SSSR count). The number of hydrogen-bond donors (Lipinski definition) is 1. The molecular weight excluding hydrogens is 236 g/mol. The zero-order chi connectivity index (χ0) is 13.5. The van der Waals surface area contributed by atoms with Crippen molar-refractivity contribution in [2.75, 3.05) is 13.1 Å². The predicted octanol–water partition coefficient (Wildman–Crippen LogP) is 2.64. The minimum Gasteiger partial charge on any atom is -0.387 e. The van der Waals surface area contributed by atoms with Crippen molar-refractivity contribution in [3.05, 3.63) is 66.0 Å². The molecule has 0 saturated heterocycles. The minimum atomic E-state index is -0.454. The summed E-state index contributed by atoms with van der Waals surface area (Å²) < 4.78 is 0. The Labute approximate surface area is 114 Å². The lowest BCUT2D eigenvalue weighted by Crippen LogP contribution is -2.28. The number of likely N-dealkylation sites (N-methyl/N-ethyl adjacent to an activating group) is 1. The first-order valence-corrected chi connectivity index (χ1v) is 6.65. The van der Waals surface area contributed by atoms with Gasteiger partial charge in [0, 0.05) is 19.3 Å². The molecule has 1 atom stereocenters. The molecule has 0 aliphatic heterocycles. The van der Waals surface area contributed by atoms with Crippen LogP contribution in [0.4, 0.5) is 0 Å². The van der Waals surface area contributed by atoms with Gasteiger partial charge < -0.3 is 5.11 Å². The summed E-state index contributed by atoms with van der Waals surface area (Å²) in [4.78, 5) is 6.52. The molecule has 0 bridgehead atoms. The van der Waals surface area contributed by atoms with E-state index in [1.807, 2.05) is 48.5 Å². The quantitative estimate of drug-likeness (QED) is 0.863. The van der Waals surface area contributed by atoms with Gasteiger partial charge in [-0.05, 0) is 24.2 Å².